The molecule has 2 N–H and O–H groups in total. The van der Waals surface area contributed by atoms with Crippen molar-refractivity contribution in [3.8, 4) is 0 Å². The third-order valence-corrected chi connectivity index (χ3v) is 4.28. The van der Waals surface area contributed by atoms with Crippen molar-refractivity contribution in [2.75, 3.05) is 26.8 Å². The molecule has 1 aromatic heterocycles. The fourth-order valence-corrected chi connectivity index (χ4v) is 2.79. The minimum atomic E-state index is 0.547. The lowest BCUT2D eigenvalue weighted by atomic mass is 10.2. The maximum Gasteiger partial charge on any atom is 0.0767 e. The highest BCUT2D eigenvalue weighted by atomic mass is 79.9. The van der Waals surface area contributed by atoms with E-state index in [2.05, 4.69) is 32.9 Å². The lowest BCUT2D eigenvalue weighted by Gasteiger charge is -2.22. The van der Waals surface area contributed by atoms with Crippen LogP contribution in [0.2, 0.25) is 0 Å². The number of hydrogen-bond acceptors (Lipinski definition) is 4. The van der Waals surface area contributed by atoms with E-state index < -0.39 is 0 Å². The van der Waals surface area contributed by atoms with Gasteiger partial charge >= 0.3 is 0 Å². The zero-order valence-corrected chi connectivity index (χ0v) is 14.8. The first-order chi connectivity index (χ1) is 9.49. The summed E-state index contributed by atoms with van der Waals surface area (Å²) < 4.78 is 8.20. The van der Waals surface area contributed by atoms with Gasteiger partial charge in [0.15, 0.2) is 0 Å². The van der Waals surface area contributed by atoms with Crippen molar-refractivity contribution in [3.05, 3.63) is 15.9 Å². The van der Waals surface area contributed by atoms with E-state index in [1.807, 2.05) is 11.7 Å². The molecule has 0 radical (unpaired) electrons. The fourth-order valence-electron chi connectivity index (χ4n) is 1.96. The Morgan fingerprint density at radius 2 is 2.20 bits per heavy atom. The van der Waals surface area contributed by atoms with Crippen LogP contribution in [0.3, 0.4) is 0 Å². The molecular weight excluding hydrogens is 340 g/mol. The largest absolute Gasteiger partial charge is 0.393 e. The molecule has 1 rings (SSSR count). The van der Waals surface area contributed by atoms with Crippen LogP contribution in [0.4, 0.5) is 0 Å². The molecule has 0 saturated heterocycles. The van der Waals surface area contributed by atoms with Crippen molar-refractivity contribution in [2.45, 2.75) is 26.3 Å². The van der Waals surface area contributed by atoms with E-state index in [9.17, 15) is 0 Å². The second-order valence-corrected chi connectivity index (χ2v) is 5.99. The average Bonchev–Trinajstić information content (AvgIpc) is 2.68. The minimum Gasteiger partial charge on any atom is -0.393 e. The van der Waals surface area contributed by atoms with Crippen LogP contribution >= 0.6 is 28.1 Å². The molecule has 5 nitrogen and oxygen atoms in total. The van der Waals surface area contributed by atoms with E-state index in [0.29, 0.717) is 11.6 Å². The third kappa shape index (κ3) is 5.12. The standard InChI is InChI=1S/C13H23BrN4OS/c1-4-10-13(14)11(17(2)16-10)9-18(7-8-19-3)6-5-12(15)20/h4-9H2,1-3H3,(H2,15,20). The first-order valence-electron chi connectivity index (χ1n) is 6.69. The molecule has 0 aliphatic rings. The van der Waals surface area contributed by atoms with Crippen molar-refractivity contribution in [1.82, 2.24) is 14.7 Å². The zero-order valence-electron chi connectivity index (χ0n) is 12.4. The Hall–Kier alpha value is -0.500. The van der Waals surface area contributed by atoms with Crippen molar-refractivity contribution in [3.63, 3.8) is 0 Å². The van der Waals surface area contributed by atoms with Gasteiger partial charge in [-0.15, -0.1) is 0 Å². The molecule has 0 bridgehead atoms. The lowest BCUT2D eigenvalue weighted by Crippen LogP contribution is -2.31. The number of aryl methyl sites for hydroxylation is 2. The van der Waals surface area contributed by atoms with Crippen molar-refractivity contribution in [1.29, 1.82) is 0 Å². The van der Waals surface area contributed by atoms with Gasteiger partial charge in [0.25, 0.3) is 0 Å². The monoisotopic (exact) mass is 362 g/mol. The predicted octanol–water partition coefficient (Wildman–Crippen LogP) is 1.87. The topological polar surface area (TPSA) is 56.3 Å². The molecule has 0 saturated carbocycles. The van der Waals surface area contributed by atoms with Crippen molar-refractivity contribution in [2.24, 2.45) is 12.8 Å². The maximum atomic E-state index is 5.59. The van der Waals surface area contributed by atoms with Gasteiger partial charge < -0.3 is 10.5 Å². The number of nitrogens with two attached hydrogens (primary N) is 1. The number of aromatic nitrogens is 2. The van der Waals surface area contributed by atoms with Gasteiger partial charge in [-0.2, -0.15) is 5.10 Å². The van der Waals surface area contributed by atoms with Gasteiger partial charge in [-0.3, -0.25) is 9.58 Å². The fraction of sp³-hybridized carbons (Fsp3) is 0.692. The molecule has 1 heterocycles. The molecule has 0 aliphatic heterocycles. The summed E-state index contributed by atoms with van der Waals surface area (Å²) >= 11 is 8.61. The van der Waals surface area contributed by atoms with Crippen LogP contribution in [-0.4, -0.2) is 46.5 Å². The van der Waals surface area contributed by atoms with E-state index >= 15 is 0 Å². The van der Waals surface area contributed by atoms with Gasteiger partial charge in [-0.05, 0) is 22.4 Å². The van der Waals surface area contributed by atoms with Crippen molar-refractivity contribution < 1.29 is 4.74 Å². The number of halogens is 1. The van der Waals surface area contributed by atoms with Crippen LogP contribution in [0.1, 0.15) is 24.7 Å². The minimum absolute atomic E-state index is 0.547. The first-order valence-corrected chi connectivity index (χ1v) is 7.89. The summed E-state index contributed by atoms with van der Waals surface area (Å²) in [6, 6.07) is 0. The number of methoxy groups -OCH3 is 1. The van der Waals surface area contributed by atoms with Crippen LogP contribution in [0.5, 0.6) is 0 Å². The van der Waals surface area contributed by atoms with Crippen LogP contribution < -0.4 is 5.73 Å². The molecule has 0 amide bonds. The van der Waals surface area contributed by atoms with E-state index in [1.54, 1.807) is 7.11 Å². The summed E-state index contributed by atoms with van der Waals surface area (Å²) in [6.45, 7) is 5.27. The lowest BCUT2D eigenvalue weighted by molar-refractivity contribution is 0.144. The van der Waals surface area contributed by atoms with Gasteiger partial charge in [0.1, 0.15) is 0 Å². The summed E-state index contributed by atoms with van der Waals surface area (Å²) in [5.74, 6) is 0. The summed E-state index contributed by atoms with van der Waals surface area (Å²) in [6.07, 6.45) is 1.63. The number of thiocarbonyl (C=S) groups is 1. The van der Waals surface area contributed by atoms with E-state index in [0.717, 1.165) is 42.6 Å². The molecule has 0 unspecified atom stereocenters. The van der Waals surface area contributed by atoms with Crippen LogP contribution in [-0.2, 0) is 24.8 Å². The molecule has 0 spiro atoms. The summed E-state index contributed by atoms with van der Waals surface area (Å²) in [5.41, 5.74) is 7.85. The van der Waals surface area contributed by atoms with Gasteiger partial charge in [0.2, 0.25) is 0 Å². The smallest absolute Gasteiger partial charge is 0.0767 e. The molecule has 114 valence electrons. The third-order valence-electron chi connectivity index (χ3n) is 3.16. The van der Waals surface area contributed by atoms with Crippen LogP contribution in [0.25, 0.3) is 0 Å². The quantitative estimate of drug-likeness (QED) is 0.679. The average molecular weight is 363 g/mol. The Balaban J connectivity index is 2.77. The highest BCUT2D eigenvalue weighted by molar-refractivity contribution is 9.10. The molecule has 1 aromatic rings. The van der Waals surface area contributed by atoms with E-state index in [4.69, 9.17) is 22.7 Å². The van der Waals surface area contributed by atoms with E-state index in [1.165, 1.54) is 5.69 Å². The second kappa shape index (κ2) is 8.71. The Bertz CT molecular complexity index is 450. The Morgan fingerprint density at radius 1 is 1.50 bits per heavy atom. The predicted molar refractivity (Wildman–Crippen MR) is 88.8 cm³/mol. The van der Waals surface area contributed by atoms with Gasteiger partial charge in [-0.1, -0.05) is 19.1 Å². The highest BCUT2D eigenvalue weighted by Crippen LogP contribution is 2.22. The van der Waals surface area contributed by atoms with Crippen LogP contribution in [0, 0.1) is 0 Å². The summed E-state index contributed by atoms with van der Waals surface area (Å²) in [5, 5.41) is 4.52. The number of nitrogens with zero attached hydrogens (tertiary/aromatic N) is 3. The number of rotatable bonds is 9. The number of hydrogen-bond donors (Lipinski definition) is 1. The summed E-state index contributed by atoms with van der Waals surface area (Å²) in [7, 11) is 3.68. The van der Waals surface area contributed by atoms with Crippen LogP contribution in [0.15, 0.2) is 4.47 Å². The highest BCUT2D eigenvalue weighted by Gasteiger charge is 2.16. The molecule has 0 aromatic carbocycles. The van der Waals surface area contributed by atoms with Gasteiger partial charge in [-0.25, -0.2) is 0 Å². The molecular formula is C13H23BrN4OS. The Labute approximate surface area is 134 Å². The molecule has 0 aliphatic carbocycles. The van der Waals surface area contributed by atoms with Gasteiger partial charge in [0.05, 0.1) is 27.5 Å². The molecule has 20 heavy (non-hydrogen) atoms. The second-order valence-electron chi connectivity index (χ2n) is 4.67. The number of ether oxygens (including phenoxy) is 1. The first kappa shape index (κ1) is 17.6. The van der Waals surface area contributed by atoms with E-state index in [-0.39, 0.29) is 0 Å². The summed E-state index contributed by atoms with van der Waals surface area (Å²) in [4.78, 5) is 2.83. The Kier molecular flexibility index (Phi) is 7.65. The van der Waals surface area contributed by atoms with Crippen molar-refractivity contribution >= 4 is 33.1 Å². The maximum absolute atomic E-state index is 5.59. The van der Waals surface area contributed by atoms with Gasteiger partial charge in [0, 0.05) is 40.2 Å². The Morgan fingerprint density at radius 3 is 2.70 bits per heavy atom. The SMILES string of the molecule is CCc1nn(C)c(CN(CCOC)CCC(N)=S)c1Br. The zero-order chi connectivity index (χ0) is 15.1. The molecule has 0 atom stereocenters. The molecule has 0 fully saturated rings. The normalized spacial score (nSPS) is 11.2. The molecule has 7 heteroatoms.